The molecule has 4 nitrogen and oxygen atoms in total. The smallest absolute Gasteiger partial charge is 0.237 e. The van der Waals surface area contributed by atoms with Crippen molar-refractivity contribution in [2.75, 3.05) is 6.54 Å². The Morgan fingerprint density at radius 1 is 1.33 bits per heavy atom. The number of nitrogens with zero attached hydrogens (tertiary/aromatic N) is 2. The normalized spacial score (nSPS) is 11.0. The molecule has 0 unspecified atom stereocenters. The van der Waals surface area contributed by atoms with Gasteiger partial charge in [-0.05, 0) is 26.0 Å². The third kappa shape index (κ3) is 4.84. The lowest BCUT2D eigenvalue weighted by Crippen LogP contribution is -2.43. The van der Waals surface area contributed by atoms with Gasteiger partial charge >= 0.3 is 0 Å². The van der Waals surface area contributed by atoms with Crippen LogP contribution in [0.4, 0.5) is 0 Å². The molecule has 4 heteroatoms. The third-order valence-electron chi connectivity index (χ3n) is 2.66. The van der Waals surface area contributed by atoms with Gasteiger partial charge in [-0.3, -0.25) is 9.78 Å². The minimum absolute atomic E-state index is 0.115. The molecule has 0 aromatic carbocycles. The van der Waals surface area contributed by atoms with Gasteiger partial charge in [-0.2, -0.15) is 0 Å². The molecule has 1 rings (SSSR count). The maximum absolute atomic E-state index is 12.1. The van der Waals surface area contributed by atoms with Gasteiger partial charge in [0, 0.05) is 18.3 Å². The van der Waals surface area contributed by atoms with Crippen molar-refractivity contribution in [3.63, 3.8) is 0 Å². The molecule has 0 radical (unpaired) electrons. The number of rotatable bonds is 6. The predicted molar refractivity (Wildman–Crippen MR) is 73.1 cm³/mol. The Kier molecular flexibility index (Phi) is 5.78. The van der Waals surface area contributed by atoms with Crippen molar-refractivity contribution >= 4 is 5.91 Å². The molecule has 0 bridgehead atoms. The molecule has 0 aliphatic carbocycles. The van der Waals surface area contributed by atoms with Gasteiger partial charge in [-0.25, -0.2) is 0 Å². The van der Waals surface area contributed by atoms with Gasteiger partial charge in [-0.15, -0.1) is 0 Å². The van der Waals surface area contributed by atoms with Crippen LogP contribution in [0.25, 0.3) is 0 Å². The Morgan fingerprint density at radius 3 is 2.56 bits per heavy atom. The van der Waals surface area contributed by atoms with Crippen LogP contribution in [0.15, 0.2) is 24.4 Å². The van der Waals surface area contributed by atoms with Crippen LogP contribution in [-0.4, -0.2) is 34.4 Å². The zero-order chi connectivity index (χ0) is 13.5. The summed E-state index contributed by atoms with van der Waals surface area (Å²) in [6.07, 6.45) is 1.75. The average Bonchev–Trinajstić information content (AvgIpc) is 2.34. The topological polar surface area (TPSA) is 45.2 Å². The van der Waals surface area contributed by atoms with E-state index in [0.717, 1.165) is 5.69 Å². The summed E-state index contributed by atoms with van der Waals surface area (Å²) in [5, 5.41) is 3.15. The molecule has 0 aliphatic heterocycles. The van der Waals surface area contributed by atoms with E-state index in [1.54, 1.807) is 6.20 Å². The molecular formula is C14H23N3O. The van der Waals surface area contributed by atoms with E-state index in [0.29, 0.717) is 19.1 Å². The van der Waals surface area contributed by atoms with E-state index in [9.17, 15) is 4.79 Å². The summed E-state index contributed by atoms with van der Waals surface area (Å²) in [4.78, 5) is 18.2. The van der Waals surface area contributed by atoms with Gasteiger partial charge in [0.2, 0.25) is 5.91 Å². The average molecular weight is 249 g/mol. The molecule has 0 aliphatic rings. The molecule has 1 aromatic heterocycles. The van der Waals surface area contributed by atoms with Crippen LogP contribution in [0.2, 0.25) is 0 Å². The molecule has 1 N–H and O–H groups in total. The van der Waals surface area contributed by atoms with Crippen LogP contribution in [0.3, 0.4) is 0 Å². The van der Waals surface area contributed by atoms with Crippen molar-refractivity contribution < 1.29 is 4.79 Å². The summed E-state index contributed by atoms with van der Waals surface area (Å²) >= 11 is 0. The molecule has 0 fully saturated rings. The first-order valence-corrected chi connectivity index (χ1v) is 6.43. The number of hydrogen-bond donors (Lipinski definition) is 1. The Balaban J connectivity index is 2.62. The van der Waals surface area contributed by atoms with Crippen LogP contribution in [0.5, 0.6) is 0 Å². The van der Waals surface area contributed by atoms with Crippen molar-refractivity contribution in [1.29, 1.82) is 0 Å². The summed E-state index contributed by atoms with van der Waals surface area (Å²) in [7, 11) is 0. The first-order valence-electron chi connectivity index (χ1n) is 6.43. The maximum atomic E-state index is 12.1. The second kappa shape index (κ2) is 7.11. The Hall–Kier alpha value is -1.42. The van der Waals surface area contributed by atoms with E-state index in [1.165, 1.54) is 0 Å². The zero-order valence-corrected chi connectivity index (χ0v) is 11.7. The molecule has 18 heavy (non-hydrogen) atoms. The quantitative estimate of drug-likeness (QED) is 0.836. The monoisotopic (exact) mass is 249 g/mol. The van der Waals surface area contributed by atoms with E-state index < -0.39 is 0 Å². The lowest BCUT2D eigenvalue weighted by molar-refractivity contribution is -0.132. The van der Waals surface area contributed by atoms with Gasteiger partial charge in [-0.1, -0.05) is 19.9 Å². The van der Waals surface area contributed by atoms with Crippen LogP contribution < -0.4 is 5.32 Å². The fourth-order valence-electron chi connectivity index (χ4n) is 1.62. The highest BCUT2D eigenvalue weighted by atomic mass is 16.2. The third-order valence-corrected chi connectivity index (χ3v) is 2.66. The lowest BCUT2D eigenvalue weighted by atomic mass is 10.2. The lowest BCUT2D eigenvalue weighted by Gasteiger charge is -2.27. The highest BCUT2D eigenvalue weighted by molar-refractivity contribution is 5.78. The fraction of sp³-hybridized carbons (Fsp3) is 0.571. The van der Waals surface area contributed by atoms with Crippen molar-refractivity contribution in [2.45, 2.75) is 46.3 Å². The van der Waals surface area contributed by atoms with Crippen molar-refractivity contribution in [1.82, 2.24) is 15.2 Å². The molecule has 0 atom stereocenters. The molecule has 0 saturated carbocycles. The van der Waals surface area contributed by atoms with Gasteiger partial charge in [0.15, 0.2) is 0 Å². The van der Waals surface area contributed by atoms with Crippen LogP contribution >= 0.6 is 0 Å². The van der Waals surface area contributed by atoms with Crippen LogP contribution in [0, 0.1) is 0 Å². The van der Waals surface area contributed by atoms with Crippen LogP contribution in [-0.2, 0) is 11.3 Å². The summed E-state index contributed by atoms with van der Waals surface area (Å²) < 4.78 is 0. The minimum Gasteiger partial charge on any atom is -0.333 e. The van der Waals surface area contributed by atoms with Gasteiger partial charge < -0.3 is 10.2 Å². The van der Waals surface area contributed by atoms with Gasteiger partial charge in [0.25, 0.3) is 0 Å². The molecule has 1 heterocycles. The highest BCUT2D eigenvalue weighted by Gasteiger charge is 2.17. The van der Waals surface area contributed by atoms with E-state index in [4.69, 9.17) is 0 Å². The number of amides is 1. The molecule has 1 amide bonds. The summed E-state index contributed by atoms with van der Waals surface area (Å²) in [6, 6.07) is 6.26. The predicted octanol–water partition coefficient (Wildman–Crippen LogP) is 1.82. The zero-order valence-electron chi connectivity index (χ0n) is 11.7. The number of nitrogens with one attached hydrogen (secondary N) is 1. The van der Waals surface area contributed by atoms with E-state index >= 15 is 0 Å². The number of carbonyl (C=O) groups excluding carboxylic acids is 1. The van der Waals surface area contributed by atoms with Crippen LogP contribution in [0.1, 0.15) is 33.4 Å². The highest BCUT2D eigenvalue weighted by Crippen LogP contribution is 2.06. The molecular weight excluding hydrogens is 226 g/mol. The summed E-state index contributed by atoms with van der Waals surface area (Å²) in [6.45, 7) is 9.06. The first-order chi connectivity index (χ1) is 8.50. The number of aromatic nitrogens is 1. The largest absolute Gasteiger partial charge is 0.333 e. The summed E-state index contributed by atoms with van der Waals surface area (Å²) in [5.74, 6) is 0.115. The number of hydrogen-bond acceptors (Lipinski definition) is 3. The van der Waals surface area contributed by atoms with E-state index in [2.05, 4.69) is 10.3 Å². The Labute approximate surface area is 109 Å². The minimum atomic E-state index is 0.115. The van der Waals surface area contributed by atoms with Gasteiger partial charge in [0.1, 0.15) is 0 Å². The van der Waals surface area contributed by atoms with E-state index in [1.807, 2.05) is 50.8 Å². The molecule has 1 aromatic rings. The van der Waals surface area contributed by atoms with Crippen molar-refractivity contribution in [2.24, 2.45) is 0 Å². The molecule has 0 saturated heterocycles. The second-order valence-corrected chi connectivity index (χ2v) is 4.97. The number of carbonyl (C=O) groups is 1. The fourth-order valence-corrected chi connectivity index (χ4v) is 1.62. The maximum Gasteiger partial charge on any atom is 0.237 e. The van der Waals surface area contributed by atoms with Crippen molar-refractivity contribution in [3.05, 3.63) is 30.1 Å². The molecule has 100 valence electrons. The second-order valence-electron chi connectivity index (χ2n) is 4.97. The Bertz CT molecular complexity index is 363. The Morgan fingerprint density at radius 2 is 2.06 bits per heavy atom. The first kappa shape index (κ1) is 14.6. The summed E-state index contributed by atoms with van der Waals surface area (Å²) in [5.41, 5.74) is 0.920. The van der Waals surface area contributed by atoms with Crippen molar-refractivity contribution in [3.8, 4) is 0 Å². The molecule has 0 spiro atoms. The number of pyridine rings is 1. The standard InChI is InChI=1S/C14H23N3O/c1-11(2)16-9-14(18)17(12(3)4)10-13-7-5-6-8-15-13/h5-8,11-12,16H,9-10H2,1-4H3. The SMILES string of the molecule is CC(C)NCC(=O)N(Cc1ccccn1)C(C)C. The van der Waals surface area contributed by atoms with Gasteiger partial charge in [0.05, 0.1) is 18.8 Å². The van der Waals surface area contributed by atoms with E-state index in [-0.39, 0.29) is 11.9 Å².